The van der Waals surface area contributed by atoms with Crippen molar-refractivity contribution in [3.8, 4) is 0 Å². The summed E-state index contributed by atoms with van der Waals surface area (Å²) in [5.41, 5.74) is 1.02. The number of carbonyl (C=O) groups is 2. The van der Waals surface area contributed by atoms with Crippen molar-refractivity contribution in [1.29, 1.82) is 0 Å². The van der Waals surface area contributed by atoms with Crippen LogP contribution in [0.15, 0.2) is 12.4 Å². The van der Waals surface area contributed by atoms with E-state index < -0.39 is 0 Å². The summed E-state index contributed by atoms with van der Waals surface area (Å²) in [4.78, 5) is 34.2. The predicted octanol–water partition coefficient (Wildman–Crippen LogP) is 1.43. The third-order valence-corrected chi connectivity index (χ3v) is 3.51. The largest absolute Gasteiger partial charge is 0.383 e. The van der Waals surface area contributed by atoms with Gasteiger partial charge in [-0.25, -0.2) is 4.98 Å². The van der Waals surface area contributed by atoms with E-state index in [1.165, 1.54) is 6.20 Å². The maximum Gasteiger partial charge on any atom is 0.274 e. The van der Waals surface area contributed by atoms with Gasteiger partial charge in [0.05, 0.1) is 18.5 Å². The SMILES string of the molecule is COCCN(CCC(=O)NCCC(C)C)C(=O)c1cnc(C)cn1. The zero-order valence-corrected chi connectivity index (χ0v) is 15.0. The van der Waals surface area contributed by atoms with E-state index >= 15 is 0 Å². The van der Waals surface area contributed by atoms with Crippen LogP contribution in [0.25, 0.3) is 0 Å². The van der Waals surface area contributed by atoms with Gasteiger partial charge < -0.3 is 15.0 Å². The molecule has 0 aliphatic rings. The molecule has 1 aromatic rings. The maximum absolute atomic E-state index is 12.5. The summed E-state index contributed by atoms with van der Waals surface area (Å²) in [6.45, 7) is 7.83. The molecule has 0 spiro atoms. The van der Waals surface area contributed by atoms with E-state index in [4.69, 9.17) is 4.74 Å². The Kier molecular flexibility index (Phi) is 8.93. The summed E-state index contributed by atoms with van der Waals surface area (Å²) in [7, 11) is 1.58. The molecule has 7 heteroatoms. The van der Waals surface area contributed by atoms with Crippen LogP contribution in [0.2, 0.25) is 0 Å². The second-order valence-corrected chi connectivity index (χ2v) is 6.11. The first-order chi connectivity index (χ1) is 11.4. The highest BCUT2D eigenvalue weighted by Crippen LogP contribution is 2.03. The molecule has 0 aliphatic carbocycles. The van der Waals surface area contributed by atoms with Crippen molar-refractivity contribution in [1.82, 2.24) is 20.2 Å². The molecule has 2 amide bonds. The minimum atomic E-state index is -0.241. The van der Waals surface area contributed by atoms with Crippen LogP contribution in [0.5, 0.6) is 0 Å². The van der Waals surface area contributed by atoms with Gasteiger partial charge in [-0.15, -0.1) is 0 Å². The first-order valence-electron chi connectivity index (χ1n) is 8.27. The Bertz CT molecular complexity index is 517. The summed E-state index contributed by atoms with van der Waals surface area (Å²) >= 11 is 0. The van der Waals surface area contributed by atoms with Crippen LogP contribution in [-0.4, -0.2) is 60.0 Å². The molecule has 0 unspecified atom stereocenters. The molecule has 0 aliphatic heterocycles. The Morgan fingerprint density at radius 2 is 2.00 bits per heavy atom. The summed E-state index contributed by atoms with van der Waals surface area (Å²) in [5, 5.41) is 2.88. The molecule has 0 radical (unpaired) electrons. The number of rotatable bonds is 10. The summed E-state index contributed by atoms with van der Waals surface area (Å²) in [6, 6.07) is 0. The third kappa shape index (κ3) is 7.50. The Labute approximate surface area is 143 Å². The molecule has 1 rings (SSSR count). The maximum atomic E-state index is 12.5. The molecule has 134 valence electrons. The fraction of sp³-hybridized carbons (Fsp3) is 0.647. The van der Waals surface area contributed by atoms with Crippen molar-refractivity contribution < 1.29 is 14.3 Å². The Morgan fingerprint density at radius 3 is 2.58 bits per heavy atom. The molecular formula is C17H28N4O3. The molecule has 0 saturated carbocycles. The van der Waals surface area contributed by atoms with Gasteiger partial charge in [0.15, 0.2) is 0 Å². The molecule has 1 heterocycles. The number of hydrogen-bond acceptors (Lipinski definition) is 5. The smallest absolute Gasteiger partial charge is 0.274 e. The average molecular weight is 336 g/mol. The van der Waals surface area contributed by atoms with Crippen LogP contribution < -0.4 is 5.32 Å². The van der Waals surface area contributed by atoms with Gasteiger partial charge >= 0.3 is 0 Å². The van der Waals surface area contributed by atoms with Crippen LogP contribution in [0, 0.1) is 12.8 Å². The normalized spacial score (nSPS) is 10.7. The lowest BCUT2D eigenvalue weighted by Gasteiger charge is -2.21. The topological polar surface area (TPSA) is 84.4 Å². The summed E-state index contributed by atoms with van der Waals surface area (Å²) in [6.07, 6.45) is 4.21. The summed E-state index contributed by atoms with van der Waals surface area (Å²) < 4.78 is 5.05. The first kappa shape index (κ1) is 20.0. The van der Waals surface area contributed by atoms with Gasteiger partial charge in [0, 0.05) is 39.4 Å². The third-order valence-electron chi connectivity index (χ3n) is 3.51. The number of carbonyl (C=O) groups excluding carboxylic acids is 2. The van der Waals surface area contributed by atoms with Crippen molar-refractivity contribution in [2.24, 2.45) is 5.92 Å². The highest BCUT2D eigenvalue weighted by Gasteiger charge is 2.18. The fourth-order valence-corrected chi connectivity index (χ4v) is 2.01. The summed E-state index contributed by atoms with van der Waals surface area (Å²) in [5.74, 6) is 0.251. The molecule has 7 nitrogen and oxygen atoms in total. The molecule has 1 N–H and O–H groups in total. The second-order valence-electron chi connectivity index (χ2n) is 6.11. The van der Waals surface area contributed by atoms with E-state index in [1.54, 1.807) is 18.2 Å². The molecule has 0 bridgehead atoms. The zero-order valence-electron chi connectivity index (χ0n) is 15.0. The highest BCUT2D eigenvalue weighted by atomic mass is 16.5. The molecule has 0 aromatic carbocycles. The van der Waals surface area contributed by atoms with E-state index in [2.05, 4.69) is 29.1 Å². The number of methoxy groups -OCH3 is 1. The van der Waals surface area contributed by atoms with Gasteiger partial charge in [-0.2, -0.15) is 0 Å². The molecular weight excluding hydrogens is 308 g/mol. The number of nitrogens with zero attached hydrogens (tertiary/aromatic N) is 3. The number of nitrogens with one attached hydrogen (secondary N) is 1. The van der Waals surface area contributed by atoms with Crippen LogP contribution in [0.4, 0.5) is 0 Å². The number of hydrogen-bond donors (Lipinski definition) is 1. The van der Waals surface area contributed by atoms with E-state index in [-0.39, 0.29) is 23.9 Å². The Morgan fingerprint density at radius 1 is 1.25 bits per heavy atom. The standard InChI is InChI=1S/C17H28N4O3/c1-13(2)5-7-18-16(22)6-8-21(9-10-24-4)17(23)15-12-19-14(3)11-20-15/h11-13H,5-10H2,1-4H3,(H,18,22). The molecule has 0 saturated heterocycles. The molecule has 0 atom stereocenters. The molecule has 0 fully saturated rings. The van der Waals surface area contributed by atoms with Gasteiger partial charge in [0.1, 0.15) is 5.69 Å². The fourth-order valence-electron chi connectivity index (χ4n) is 2.01. The lowest BCUT2D eigenvalue weighted by atomic mass is 10.1. The van der Waals surface area contributed by atoms with Crippen LogP contribution >= 0.6 is 0 Å². The predicted molar refractivity (Wildman–Crippen MR) is 91.6 cm³/mol. The number of amides is 2. The van der Waals surface area contributed by atoms with E-state index in [0.29, 0.717) is 32.2 Å². The Hall–Kier alpha value is -2.02. The number of aromatic nitrogens is 2. The minimum absolute atomic E-state index is 0.0548. The van der Waals surface area contributed by atoms with Gasteiger partial charge in [0.25, 0.3) is 5.91 Å². The van der Waals surface area contributed by atoms with Gasteiger partial charge in [-0.1, -0.05) is 13.8 Å². The quantitative estimate of drug-likeness (QED) is 0.699. The van der Waals surface area contributed by atoms with Crippen molar-refractivity contribution in [3.63, 3.8) is 0 Å². The zero-order chi connectivity index (χ0) is 17.9. The monoisotopic (exact) mass is 336 g/mol. The van der Waals surface area contributed by atoms with Crippen LogP contribution in [0.1, 0.15) is 42.9 Å². The van der Waals surface area contributed by atoms with Gasteiger partial charge in [-0.3, -0.25) is 14.6 Å². The van der Waals surface area contributed by atoms with E-state index in [1.807, 2.05) is 6.92 Å². The molecule has 24 heavy (non-hydrogen) atoms. The molecule has 1 aromatic heterocycles. The van der Waals surface area contributed by atoms with Crippen molar-refractivity contribution in [2.75, 3.05) is 33.4 Å². The van der Waals surface area contributed by atoms with Gasteiger partial charge in [0.2, 0.25) is 5.91 Å². The van der Waals surface area contributed by atoms with Crippen LogP contribution in [0.3, 0.4) is 0 Å². The number of ether oxygens (including phenoxy) is 1. The van der Waals surface area contributed by atoms with Gasteiger partial charge in [-0.05, 0) is 19.3 Å². The lowest BCUT2D eigenvalue weighted by molar-refractivity contribution is -0.121. The number of aryl methyl sites for hydroxylation is 1. The van der Waals surface area contributed by atoms with Crippen molar-refractivity contribution in [3.05, 3.63) is 23.8 Å². The lowest BCUT2D eigenvalue weighted by Crippen LogP contribution is -2.38. The van der Waals surface area contributed by atoms with E-state index in [0.717, 1.165) is 12.1 Å². The van der Waals surface area contributed by atoms with Crippen molar-refractivity contribution >= 4 is 11.8 Å². The van der Waals surface area contributed by atoms with Crippen LogP contribution in [-0.2, 0) is 9.53 Å². The average Bonchev–Trinajstić information content (AvgIpc) is 2.54. The minimum Gasteiger partial charge on any atom is -0.383 e. The second kappa shape index (κ2) is 10.7. The Balaban J connectivity index is 2.56. The van der Waals surface area contributed by atoms with Crippen molar-refractivity contribution in [2.45, 2.75) is 33.6 Å². The highest BCUT2D eigenvalue weighted by molar-refractivity contribution is 5.92. The first-order valence-corrected chi connectivity index (χ1v) is 8.27. The van der Waals surface area contributed by atoms with E-state index in [9.17, 15) is 9.59 Å².